The van der Waals surface area contributed by atoms with Crippen LogP contribution in [0, 0.1) is 0 Å². The van der Waals surface area contributed by atoms with Gasteiger partial charge in [-0.2, -0.15) is 13.2 Å². The summed E-state index contributed by atoms with van der Waals surface area (Å²) in [4.78, 5) is 20.0. The van der Waals surface area contributed by atoms with E-state index in [1.54, 1.807) is 12.1 Å². The van der Waals surface area contributed by atoms with E-state index in [2.05, 4.69) is 10.5 Å². The minimum Gasteiger partial charge on any atom is -0.390 e. The van der Waals surface area contributed by atoms with E-state index in [4.69, 9.17) is 16.4 Å². The second-order valence-electron chi connectivity index (χ2n) is 8.73. The van der Waals surface area contributed by atoms with Gasteiger partial charge in [0.25, 0.3) is 0 Å². The first-order chi connectivity index (χ1) is 14.9. The van der Waals surface area contributed by atoms with E-state index in [0.29, 0.717) is 17.0 Å². The molecule has 3 rings (SSSR count). The van der Waals surface area contributed by atoms with Crippen LogP contribution < -0.4 is 5.32 Å². The molecular weight excluding hydrogens is 443 g/mol. The molecule has 0 spiro atoms. The molecule has 0 saturated carbocycles. The number of nitrogens with one attached hydrogen (secondary N) is 1. The highest BCUT2D eigenvalue weighted by Crippen LogP contribution is 2.29. The number of oxime groups is 1. The zero-order valence-corrected chi connectivity index (χ0v) is 18.8. The molecule has 0 fully saturated rings. The van der Waals surface area contributed by atoms with Crippen LogP contribution in [0.3, 0.4) is 0 Å². The van der Waals surface area contributed by atoms with Crippen LogP contribution in [-0.4, -0.2) is 34.8 Å². The Labute approximate surface area is 190 Å². The summed E-state index contributed by atoms with van der Waals surface area (Å²) < 4.78 is 38.6. The normalized spacial score (nSPS) is 16.3. The molecule has 2 aromatic rings. The van der Waals surface area contributed by atoms with E-state index in [1.807, 2.05) is 32.9 Å². The summed E-state index contributed by atoms with van der Waals surface area (Å²) in [7, 11) is 0. The molecule has 1 atom stereocenters. The van der Waals surface area contributed by atoms with E-state index in [1.165, 1.54) is 17.0 Å². The summed E-state index contributed by atoms with van der Waals surface area (Å²) in [5, 5.41) is 7.65. The molecule has 1 unspecified atom stereocenters. The molecule has 0 aliphatic carbocycles. The SMILES string of the molecule is CC(C)(C)NC(=O)N(Cc1ccc(C(F)(F)F)cc1)CC1CC(c2ccc(Cl)cc2)=NO1. The molecule has 0 aromatic heterocycles. The second-order valence-corrected chi connectivity index (χ2v) is 9.17. The van der Waals surface area contributed by atoms with Gasteiger partial charge in [0, 0.05) is 23.5 Å². The van der Waals surface area contributed by atoms with Gasteiger partial charge in [0.05, 0.1) is 17.8 Å². The van der Waals surface area contributed by atoms with Gasteiger partial charge in [-0.15, -0.1) is 0 Å². The summed E-state index contributed by atoms with van der Waals surface area (Å²) in [6, 6.07) is 11.7. The van der Waals surface area contributed by atoms with Crippen LogP contribution in [0.25, 0.3) is 0 Å². The lowest BCUT2D eigenvalue weighted by molar-refractivity contribution is -0.137. The summed E-state index contributed by atoms with van der Waals surface area (Å²) in [5.74, 6) is 0. The molecule has 5 nitrogen and oxygen atoms in total. The summed E-state index contributed by atoms with van der Waals surface area (Å²) in [6.07, 6.45) is -4.29. The average Bonchev–Trinajstić information content (AvgIpc) is 3.15. The van der Waals surface area contributed by atoms with Crippen LogP contribution in [0.15, 0.2) is 53.7 Å². The number of benzene rings is 2. The number of hydrogen-bond acceptors (Lipinski definition) is 3. The maximum Gasteiger partial charge on any atom is 0.416 e. The molecule has 1 aliphatic rings. The first-order valence-corrected chi connectivity index (χ1v) is 10.5. The first kappa shape index (κ1) is 23.9. The Kier molecular flexibility index (Phi) is 7.03. The van der Waals surface area contributed by atoms with E-state index in [0.717, 1.165) is 23.4 Å². The number of alkyl halides is 3. The van der Waals surface area contributed by atoms with Crippen molar-refractivity contribution in [1.29, 1.82) is 0 Å². The molecule has 9 heteroatoms. The Morgan fingerprint density at radius 2 is 1.75 bits per heavy atom. The van der Waals surface area contributed by atoms with Gasteiger partial charge in [0.15, 0.2) is 6.10 Å². The number of rotatable bonds is 5. The number of carbonyl (C=O) groups is 1. The monoisotopic (exact) mass is 467 g/mol. The van der Waals surface area contributed by atoms with Crippen molar-refractivity contribution < 1.29 is 22.8 Å². The molecule has 1 N–H and O–H groups in total. The Morgan fingerprint density at radius 3 is 2.31 bits per heavy atom. The third kappa shape index (κ3) is 6.63. The second kappa shape index (κ2) is 9.40. The predicted octanol–water partition coefficient (Wildman–Crippen LogP) is 5.86. The van der Waals surface area contributed by atoms with Crippen molar-refractivity contribution in [3.05, 3.63) is 70.2 Å². The van der Waals surface area contributed by atoms with Crippen LogP contribution in [0.2, 0.25) is 5.02 Å². The fourth-order valence-corrected chi connectivity index (χ4v) is 3.35. The minimum absolute atomic E-state index is 0.135. The average molecular weight is 468 g/mol. The quantitative estimate of drug-likeness (QED) is 0.598. The number of urea groups is 1. The lowest BCUT2D eigenvalue weighted by Crippen LogP contribution is -2.50. The Morgan fingerprint density at radius 1 is 1.12 bits per heavy atom. The maximum absolute atomic E-state index is 12.9. The van der Waals surface area contributed by atoms with Gasteiger partial charge in [-0.3, -0.25) is 0 Å². The summed E-state index contributed by atoms with van der Waals surface area (Å²) in [6.45, 7) is 5.93. The number of nitrogens with zero attached hydrogens (tertiary/aromatic N) is 2. The van der Waals surface area contributed by atoms with Crippen molar-refractivity contribution in [3.8, 4) is 0 Å². The third-order valence-electron chi connectivity index (χ3n) is 4.76. The maximum atomic E-state index is 12.9. The van der Waals surface area contributed by atoms with Crippen molar-refractivity contribution >= 4 is 23.3 Å². The fraction of sp³-hybridized carbons (Fsp3) is 0.391. The first-order valence-electron chi connectivity index (χ1n) is 10.1. The van der Waals surface area contributed by atoms with Gasteiger partial charge >= 0.3 is 12.2 Å². The van der Waals surface area contributed by atoms with E-state index in [9.17, 15) is 18.0 Å². The predicted molar refractivity (Wildman–Crippen MR) is 118 cm³/mol. The van der Waals surface area contributed by atoms with Gasteiger partial charge in [0.2, 0.25) is 0 Å². The Bertz CT molecular complexity index is 968. The third-order valence-corrected chi connectivity index (χ3v) is 5.01. The van der Waals surface area contributed by atoms with Crippen LogP contribution >= 0.6 is 11.6 Å². The largest absolute Gasteiger partial charge is 0.416 e. The van der Waals surface area contributed by atoms with Gasteiger partial charge in [-0.1, -0.05) is 41.0 Å². The van der Waals surface area contributed by atoms with Gasteiger partial charge in [0.1, 0.15) is 0 Å². The van der Waals surface area contributed by atoms with Crippen LogP contribution in [0.4, 0.5) is 18.0 Å². The smallest absolute Gasteiger partial charge is 0.390 e. The fourth-order valence-electron chi connectivity index (χ4n) is 3.22. The molecule has 1 heterocycles. The molecule has 1 aliphatic heterocycles. The van der Waals surface area contributed by atoms with Crippen LogP contribution in [0.1, 0.15) is 43.9 Å². The van der Waals surface area contributed by atoms with E-state index >= 15 is 0 Å². The van der Waals surface area contributed by atoms with E-state index < -0.39 is 17.3 Å². The van der Waals surface area contributed by atoms with Crippen molar-refractivity contribution in [2.24, 2.45) is 5.16 Å². The molecule has 2 aromatic carbocycles. The Balaban J connectivity index is 1.71. The highest BCUT2D eigenvalue weighted by molar-refractivity contribution is 6.30. The Hall–Kier alpha value is -2.74. The number of carbonyl (C=O) groups excluding carboxylic acids is 1. The van der Waals surface area contributed by atoms with Gasteiger partial charge in [-0.05, 0) is 56.2 Å². The summed E-state index contributed by atoms with van der Waals surface area (Å²) in [5.41, 5.74) is 1.01. The van der Waals surface area contributed by atoms with Gasteiger partial charge in [-0.25, -0.2) is 4.79 Å². The minimum atomic E-state index is -4.41. The molecule has 172 valence electrons. The summed E-state index contributed by atoms with van der Waals surface area (Å²) >= 11 is 5.93. The molecule has 0 saturated heterocycles. The zero-order chi connectivity index (χ0) is 23.5. The number of hydrogen-bond donors (Lipinski definition) is 1. The molecule has 32 heavy (non-hydrogen) atoms. The number of halogens is 4. The van der Waals surface area contributed by atoms with Crippen molar-refractivity contribution in [1.82, 2.24) is 10.2 Å². The molecular formula is C23H25ClF3N3O2. The zero-order valence-electron chi connectivity index (χ0n) is 18.0. The van der Waals surface area contributed by atoms with Crippen LogP contribution in [0.5, 0.6) is 0 Å². The highest BCUT2D eigenvalue weighted by Gasteiger charge is 2.31. The van der Waals surface area contributed by atoms with Crippen LogP contribution in [-0.2, 0) is 17.6 Å². The molecule has 0 radical (unpaired) electrons. The van der Waals surface area contributed by atoms with Crippen molar-refractivity contribution in [3.63, 3.8) is 0 Å². The lowest BCUT2D eigenvalue weighted by atomic mass is 10.0. The number of amides is 2. The molecule has 0 bridgehead atoms. The van der Waals surface area contributed by atoms with Crippen molar-refractivity contribution in [2.45, 2.75) is 51.6 Å². The highest BCUT2D eigenvalue weighted by atomic mass is 35.5. The van der Waals surface area contributed by atoms with E-state index in [-0.39, 0.29) is 25.2 Å². The van der Waals surface area contributed by atoms with Gasteiger partial charge < -0.3 is 15.1 Å². The molecule has 2 amide bonds. The topological polar surface area (TPSA) is 53.9 Å². The standard InChI is InChI=1S/C23H25ClF3N3O2/c1-22(2,3)28-21(31)30(13-15-4-8-17(9-5-15)23(25,26)27)14-19-12-20(29-32-19)16-6-10-18(24)11-7-16/h4-11,19H,12-14H2,1-3H3,(H,28,31). The lowest BCUT2D eigenvalue weighted by Gasteiger charge is -2.29. The van der Waals surface area contributed by atoms with Crippen molar-refractivity contribution in [2.75, 3.05) is 6.54 Å².